The van der Waals surface area contributed by atoms with Crippen LogP contribution in [0.15, 0.2) is 54.5 Å². The van der Waals surface area contributed by atoms with Gasteiger partial charge in [-0.25, -0.2) is 0 Å². The van der Waals surface area contributed by atoms with Crippen LogP contribution in [-0.2, 0) is 39.6 Å². The van der Waals surface area contributed by atoms with Gasteiger partial charge in [0.2, 0.25) is 0 Å². The number of primary amides is 1. The van der Waals surface area contributed by atoms with Gasteiger partial charge in [0.25, 0.3) is 5.91 Å². The lowest BCUT2D eigenvalue weighted by atomic mass is 9.85. The lowest BCUT2D eigenvalue weighted by Crippen LogP contribution is -2.59. The summed E-state index contributed by atoms with van der Waals surface area (Å²) >= 11 is 0. The smallest absolute Gasteiger partial charge is 0.311 e. The van der Waals surface area contributed by atoms with E-state index in [0.29, 0.717) is 38.0 Å². The summed E-state index contributed by atoms with van der Waals surface area (Å²) in [6.07, 6.45) is 0.876. The Bertz CT molecular complexity index is 2060. The molecule has 1 aromatic carbocycles. The first-order valence-corrected chi connectivity index (χ1v) is 26.4. The van der Waals surface area contributed by atoms with Gasteiger partial charge < -0.3 is 75.4 Å². The highest BCUT2D eigenvalue weighted by atomic mass is 16.7. The molecule has 73 heavy (non-hydrogen) atoms. The average Bonchev–Trinajstić information content (AvgIpc) is 3.35. The van der Waals surface area contributed by atoms with Crippen LogP contribution in [0.2, 0.25) is 0 Å². The van der Waals surface area contributed by atoms with Gasteiger partial charge in [-0.15, -0.1) is 0 Å². The Morgan fingerprint density at radius 2 is 1.63 bits per heavy atom. The minimum Gasteiger partial charge on any atom is -0.459 e. The summed E-state index contributed by atoms with van der Waals surface area (Å²) in [5, 5.41) is 48.0. The van der Waals surface area contributed by atoms with Crippen LogP contribution < -0.4 is 16.8 Å². The molecule has 17 atom stereocenters. The monoisotopic (exact) mass is 1030 g/mol. The van der Waals surface area contributed by atoms with Gasteiger partial charge in [-0.3, -0.25) is 14.6 Å². The molecule has 5 rings (SSSR count). The first-order chi connectivity index (χ1) is 34.4. The summed E-state index contributed by atoms with van der Waals surface area (Å²) in [7, 11) is 5.57. The Labute approximate surface area is 434 Å². The Kier molecular flexibility index (Phi) is 22.1. The number of carbonyl (C=O) groups is 2. The fourth-order valence-corrected chi connectivity index (χ4v) is 10.8. The molecular weight excluding hydrogens is 937 g/mol. The topological polar surface area (TPSA) is 254 Å². The second kappa shape index (κ2) is 26.8. The van der Waals surface area contributed by atoms with Gasteiger partial charge in [-0.1, -0.05) is 51.1 Å². The third-order valence-corrected chi connectivity index (χ3v) is 15.9. The molecule has 18 nitrogen and oxygen atoms in total. The number of methoxy groups -OCH3 is 1. The molecular formula is C55H90N6O12. The number of nitrogens with zero attached hydrogens (tertiary/aromatic N) is 3. The molecule has 3 aliphatic heterocycles. The van der Waals surface area contributed by atoms with Crippen molar-refractivity contribution in [1.82, 2.24) is 20.1 Å². The summed E-state index contributed by atoms with van der Waals surface area (Å²) < 4.78 is 38.6. The molecule has 2 aromatic rings. The number of likely N-dealkylation sites (N-methyl/N-ethyl adjacent to an activating group) is 1. The van der Waals surface area contributed by atoms with Gasteiger partial charge in [0.1, 0.15) is 29.6 Å². The van der Waals surface area contributed by atoms with Crippen LogP contribution in [0.1, 0.15) is 123 Å². The molecule has 0 bridgehead atoms. The normalized spacial score (nSPS) is 36.2. The van der Waals surface area contributed by atoms with E-state index in [2.05, 4.69) is 43.0 Å². The number of carbonyl (C=O) groups excluding carboxylic acids is 2. The van der Waals surface area contributed by atoms with Crippen LogP contribution in [0, 0.1) is 17.8 Å². The van der Waals surface area contributed by atoms with E-state index < -0.39 is 84.2 Å². The van der Waals surface area contributed by atoms with E-state index >= 15 is 0 Å². The van der Waals surface area contributed by atoms with E-state index in [1.54, 1.807) is 39.4 Å². The van der Waals surface area contributed by atoms with Crippen molar-refractivity contribution in [2.45, 2.75) is 198 Å². The molecule has 2 unspecified atom stereocenters. The summed E-state index contributed by atoms with van der Waals surface area (Å²) in [6, 6.07) is 10.8. The van der Waals surface area contributed by atoms with Gasteiger partial charge in [0, 0.05) is 81.6 Å². The minimum atomic E-state index is -1.75. The summed E-state index contributed by atoms with van der Waals surface area (Å²) in [4.78, 5) is 34.2. The number of cyclic esters (lactones) is 1. The number of aliphatic hydroxyl groups is 4. The van der Waals surface area contributed by atoms with Crippen LogP contribution in [-0.4, -0.2) is 173 Å². The number of esters is 1. The van der Waals surface area contributed by atoms with E-state index in [9.17, 15) is 30.0 Å². The van der Waals surface area contributed by atoms with Gasteiger partial charge in [-0.05, 0) is 110 Å². The molecule has 0 saturated carbocycles. The van der Waals surface area contributed by atoms with E-state index in [1.165, 1.54) is 6.92 Å². The number of aliphatic hydroxyl groups excluding tert-OH is 3. The molecule has 0 aliphatic carbocycles. The first kappa shape index (κ1) is 60.1. The van der Waals surface area contributed by atoms with Crippen molar-refractivity contribution >= 4 is 11.9 Å². The van der Waals surface area contributed by atoms with Crippen LogP contribution in [0.3, 0.4) is 0 Å². The summed E-state index contributed by atoms with van der Waals surface area (Å²) in [6.45, 7) is 18.1. The highest BCUT2D eigenvalue weighted by Crippen LogP contribution is 2.37. The number of ether oxygens (including phenoxy) is 6. The number of benzene rings is 1. The fourth-order valence-electron chi connectivity index (χ4n) is 10.8. The van der Waals surface area contributed by atoms with Crippen molar-refractivity contribution in [3.05, 3.63) is 65.7 Å². The molecule has 3 saturated heterocycles. The molecule has 0 spiro atoms. The molecule has 1 amide bonds. The van der Waals surface area contributed by atoms with Crippen molar-refractivity contribution in [1.29, 1.82) is 0 Å². The van der Waals surface area contributed by atoms with Crippen molar-refractivity contribution in [2.24, 2.45) is 29.2 Å². The van der Waals surface area contributed by atoms with Gasteiger partial charge >= 0.3 is 5.97 Å². The molecule has 0 radical (unpaired) electrons. The first-order valence-electron chi connectivity index (χ1n) is 26.4. The maximum Gasteiger partial charge on any atom is 0.311 e. The van der Waals surface area contributed by atoms with E-state index in [4.69, 9.17) is 39.9 Å². The zero-order valence-electron chi connectivity index (χ0n) is 45.6. The number of pyridine rings is 1. The van der Waals surface area contributed by atoms with Gasteiger partial charge in [-0.2, -0.15) is 0 Å². The van der Waals surface area contributed by atoms with E-state index in [0.717, 1.165) is 29.5 Å². The van der Waals surface area contributed by atoms with Crippen molar-refractivity contribution in [3.8, 4) is 11.1 Å². The number of aromatic nitrogens is 1. The Balaban J connectivity index is 1.29. The number of hydrogen-bond donors (Lipinski definition) is 7. The SMILES string of the molecule is CC[C@H]1OC(=O)[C@H](C)C(O[C@H]2C[C@@](C)(OC)[C@@H](O)[C@H](C)O2)C[C@@H](O[C@H]2C[C@@H](N(C)CC/C(N)=C/N[C@H](CO)Cc3ccc(-c4ccc(C(N)=O)nc4)cc3)C[C@@H](C)O2)C(C)C[C@@H](C)CN(C)[C@H](C)[C@@H](O)[C@]1(C)O. The Hall–Kier alpha value is -3.79. The Morgan fingerprint density at radius 1 is 0.959 bits per heavy atom. The van der Waals surface area contributed by atoms with E-state index in [1.807, 2.05) is 63.1 Å². The van der Waals surface area contributed by atoms with Crippen molar-refractivity contribution in [3.63, 3.8) is 0 Å². The lowest BCUT2D eigenvalue weighted by molar-refractivity contribution is -0.296. The van der Waals surface area contributed by atoms with Crippen LogP contribution >= 0.6 is 0 Å². The maximum absolute atomic E-state index is 14.3. The van der Waals surface area contributed by atoms with Gasteiger partial charge in [0.15, 0.2) is 12.6 Å². The highest BCUT2D eigenvalue weighted by molar-refractivity contribution is 5.91. The predicted octanol–water partition coefficient (Wildman–Crippen LogP) is 4.48. The number of rotatable bonds is 17. The standard InChI is InChI=1S/C55H90N6O12/c1-13-47-55(9,67)50(63)36(6)61(11)30-32(2)22-33(3)45(26-46(35(5)53(66)73-47)72-49-27-54(8,68-12)51(64)37(7)70-49)71-48-25-43(23-34(4)69-48)60(10)21-20-41(56)29-58-42(31-62)24-38-14-16-39(17-15-38)40-18-19-44(52(57)65)59-28-40/h14-19,28-29,32-37,42-43,45-51,58,62-64,67H,13,20-27,30-31,56H2,1-12H3,(H2,57,65)/b41-29-/t32-,33?,34-,35-,36-,37+,42+,43+,45-,46?,47-,48+,49+,50-,51+,54-,55-/m1/s1. The third kappa shape index (κ3) is 16.1. The number of nitrogens with one attached hydrogen (secondary N) is 1. The van der Waals surface area contributed by atoms with Crippen molar-refractivity contribution in [2.75, 3.05) is 40.9 Å². The fraction of sp³-hybridized carbons (Fsp3) is 0.727. The number of nitrogens with two attached hydrogens (primary N) is 2. The second-order valence-corrected chi connectivity index (χ2v) is 22.0. The zero-order valence-corrected chi connectivity index (χ0v) is 45.6. The Morgan fingerprint density at radius 3 is 2.25 bits per heavy atom. The quantitative estimate of drug-likeness (QED) is 0.108. The minimum absolute atomic E-state index is 0.0466. The summed E-state index contributed by atoms with van der Waals surface area (Å²) in [5.41, 5.74) is 12.9. The molecule has 18 heteroatoms. The average molecular weight is 1030 g/mol. The molecule has 3 fully saturated rings. The van der Waals surface area contributed by atoms with Gasteiger partial charge in [0.05, 0.1) is 48.6 Å². The molecule has 3 aliphatic rings. The predicted molar refractivity (Wildman–Crippen MR) is 279 cm³/mol. The molecule has 412 valence electrons. The van der Waals surface area contributed by atoms with Crippen LogP contribution in [0.4, 0.5) is 0 Å². The van der Waals surface area contributed by atoms with Crippen LogP contribution in [0.25, 0.3) is 11.1 Å². The third-order valence-electron chi connectivity index (χ3n) is 15.9. The zero-order chi connectivity index (χ0) is 53.9. The molecule has 1 aromatic heterocycles. The summed E-state index contributed by atoms with van der Waals surface area (Å²) in [5.74, 6) is -1.92. The lowest BCUT2D eigenvalue weighted by Gasteiger charge is -2.45. The highest BCUT2D eigenvalue weighted by Gasteiger charge is 2.49. The molecule has 4 heterocycles. The number of amides is 1. The van der Waals surface area contributed by atoms with E-state index in [-0.39, 0.29) is 61.6 Å². The number of hydrogen-bond acceptors (Lipinski definition) is 17. The van der Waals surface area contributed by atoms with Crippen molar-refractivity contribution < 1.29 is 58.4 Å². The second-order valence-electron chi connectivity index (χ2n) is 22.0. The van der Waals surface area contributed by atoms with Crippen LogP contribution in [0.5, 0.6) is 0 Å². The molecule has 9 N–H and O–H groups in total. The maximum atomic E-state index is 14.3. The largest absolute Gasteiger partial charge is 0.459 e.